The highest BCUT2D eigenvalue weighted by Gasteiger charge is 2.39. The molecule has 1 aromatic heterocycles. The molecule has 3 nitrogen and oxygen atoms in total. The van der Waals surface area contributed by atoms with E-state index in [0.29, 0.717) is 5.41 Å². The van der Waals surface area contributed by atoms with Gasteiger partial charge in [0.15, 0.2) is 0 Å². The smallest absolute Gasteiger partial charge is 0.0687 e. The van der Waals surface area contributed by atoms with Crippen LogP contribution in [0.4, 0.5) is 0 Å². The van der Waals surface area contributed by atoms with Crippen molar-refractivity contribution in [2.24, 2.45) is 5.73 Å². The third-order valence-electron chi connectivity index (χ3n) is 3.98. The second kappa shape index (κ2) is 3.59. The maximum absolute atomic E-state index is 5.75. The summed E-state index contributed by atoms with van der Waals surface area (Å²) >= 11 is 0. The molecule has 2 aromatic rings. The summed E-state index contributed by atoms with van der Waals surface area (Å²) in [5, 5.41) is 8.48. The highest BCUT2D eigenvalue weighted by molar-refractivity contribution is 5.82. The van der Waals surface area contributed by atoms with Crippen molar-refractivity contribution in [3.8, 4) is 0 Å². The molecule has 1 heterocycles. The Balaban J connectivity index is 2.13. The van der Waals surface area contributed by atoms with Gasteiger partial charge in [0, 0.05) is 5.39 Å². The number of nitrogens with zero attached hydrogens (tertiary/aromatic N) is 1. The van der Waals surface area contributed by atoms with Crippen LogP contribution in [0.2, 0.25) is 0 Å². The molecule has 0 aliphatic heterocycles. The molecule has 1 fully saturated rings. The number of rotatable bonds is 3. The van der Waals surface area contributed by atoms with Gasteiger partial charge in [-0.3, -0.25) is 5.10 Å². The van der Waals surface area contributed by atoms with Crippen LogP contribution < -0.4 is 5.73 Å². The number of nitrogens with one attached hydrogen (secondary N) is 1. The summed E-state index contributed by atoms with van der Waals surface area (Å²) in [5.74, 6) is 0. The van der Waals surface area contributed by atoms with Gasteiger partial charge in [0.05, 0.1) is 11.7 Å². The molecule has 3 heteroatoms. The number of H-pyrrole nitrogens is 1. The molecule has 1 aromatic carbocycles. The lowest BCUT2D eigenvalue weighted by atomic mass is 9.62. The van der Waals surface area contributed by atoms with E-state index in [2.05, 4.69) is 28.4 Å². The van der Waals surface area contributed by atoms with Crippen LogP contribution in [-0.2, 0) is 5.41 Å². The van der Waals surface area contributed by atoms with E-state index < -0.39 is 0 Å². The van der Waals surface area contributed by atoms with Gasteiger partial charge in [0.1, 0.15) is 0 Å². The predicted molar refractivity (Wildman–Crippen MR) is 65.3 cm³/mol. The zero-order chi connectivity index (χ0) is 11.0. The van der Waals surface area contributed by atoms with E-state index in [1.807, 2.05) is 6.20 Å². The SMILES string of the molecule is NCCC1(c2cccc3cn[nH]c23)CCC1. The quantitative estimate of drug-likeness (QED) is 0.825. The van der Waals surface area contributed by atoms with Crippen molar-refractivity contribution < 1.29 is 0 Å². The van der Waals surface area contributed by atoms with Gasteiger partial charge in [-0.15, -0.1) is 0 Å². The Morgan fingerprint density at radius 3 is 2.94 bits per heavy atom. The Hall–Kier alpha value is -1.35. The fraction of sp³-hybridized carbons (Fsp3) is 0.462. The molecule has 3 N–H and O–H groups in total. The van der Waals surface area contributed by atoms with E-state index in [4.69, 9.17) is 5.73 Å². The monoisotopic (exact) mass is 215 g/mol. The zero-order valence-electron chi connectivity index (χ0n) is 9.37. The lowest BCUT2D eigenvalue weighted by Gasteiger charge is -2.42. The Morgan fingerprint density at radius 1 is 1.38 bits per heavy atom. The highest BCUT2D eigenvalue weighted by Crippen LogP contribution is 2.47. The molecule has 0 unspecified atom stereocenters. The van der Waals surface area contributed by atoms with E-state index in [1.54, 1.807) is 0 Å². The average Bonchev–Trinajstić information content (AvgIpc) is 2.71. The van der Waals surface area contributed by atoms with Crippen molar-refractivity contribution in [1.82, 2.24) is 10.2 Å². The van der Waals surface area contributed by atoms with Crippen LogP contribution in [-0.4, -0.2) is 16.7 Å². The van der Waals surface area contributed by atoms with E-state index in [0.717, 1.165) is 13.0 Å². The second-order valence-electron chi connectivity index (χ2n) is 4.81. The van der Waals surface area contributed by atoms with Crippen LogP contribution in [0.1, 0.15) is 31.2 Å². The number of benzene rings is 1. The van der Waals surface area contributed by atoms with E-state index >= 15 is 0 Å². The first-order chi connectivity index (χ1) is 7.86. The van der Waals surface area contributed by atoms with Gasteiger partial charge in [0.25, 0.3) is 0 Å². The van der Waals surface area contributed by atoms with Gasteiger partial charge in [-0.05, 0) is 36.8 Å². The van der Waals surface area contributed by atoms with Crippen molar-refractivity contribution in [3.63, 3.8) is 0 Å². The number of aromatic amines is 1. The van der Waals surface area contributed by atoms with E-state index in [-0.39, 0.29) is 0 Å². The van der Waals surface area contributed by atoms with Crippen LogP contribution >= 0.6 is 0 Å². The van der Waals surface area contributed by atoms with Crippen LogP contribution in [0.5, 0.6) is 0 Å². The van der Waals surface area contributed by atoms with Crippen molar-refractivity contribution >= 4 is 10.9 Å². The largest absolute Gasteiger partial charge is 0.330 e. The summed E-state index contributed by atoms with van der Waals surface area (Å²) < 4.78 is 0. The topological polar surface area (TPSA) is 54.7 Å². The molecule has 0 amide bonds. The van der Waals surface area contributed by atoms with Crippen LogP contribution in [0, 0.1) is 0 Å². The van der Waals surface area contributed by atoms with Gasteiger partial charge in [-0.1, -0.05) is 24.6 Å². The number of nitrogens with two attached hydrogens (primary N) is 1. The number of fused-ring (bicyclic) bond motifs is 1. The molecule has 0 bridgehead atoms. The second-order valence-corrected chi connectivity index (χ2v) is 4.81. The summed E-state index contributed by atoms with van der Waals surface area (Å²) in [7, 11) is 0. The number of hydrogen-bond acceptors (Lipinski definition) is 2. The molecule has 1 saturated carbocycles. The third kappa shape index (κ3) is 1.28. The molecule has 0 saturated heterocycles. The Kier molecular flexibility index (Phi) is 2.21. The maximum Gasteiger partial charge on any atom is 0.0687 e. The van der Waals surface area contributed by atoms with Gasteiger partial charge in [0.2, 0.25) is 0 Å². The minimum atomic E-state index is 0.320. The first kappa shape index (κ1) is 9.85. The maximum atomic E-state index is 5.75. The van der Waals surface area contributed by atoms with Crippen molar-refractivity contribution in [1.29, 1.82) is 0 Å². The highest BCUT2D eigenvalue weighted by atomic mass is 15.1. The Morgan fingerprint density at radius 2 is 2.25 bits per heavy atom. The van der Waals surface area contributed by atoms with Crippen LogP contribution in [0.25, 0.3) is 10.9 Å². The third-order valence-corrected chi connectivity index (χ3v) is 3.98. The molecule has 0 radical (unpaired) electrons. The molecule has 1 aliphatic rings. The van der Waals surface area contributed by atoms with Crippen LogP contribution in [0.3, 0.4) is 0 Å². The molecule has 0 spiro atoms. The van der Waals surface area contributed by atoms with Crippen molar-refractivity contribution in [3.05, 3.63) is 30.0 Å². The molecule has 3 rings (SSSR count). The summed E-state index contributed by atoms with van der Waals surface area (Å²) in [5.41, 5.74) is 8.70. The molecular weight excluding hydrogens is 198 g/mol. The molecule has 16 heavy (non-hydrogen) atoms. The summed E-state index contributed by atoms with van der Waals surface area (Å²) in [4.78, 5) is 0. The van der Waals surface area contributed by atoms with Crippen molar-refractivity contribution in [2.75, 3.05) is 6.54 Å². The average molecular weight is 215 g/mol. The molecule has 1 aliphatic carbocycles. The Labute approximate surface area is 95.0 Å². The minimum Gasteiger partial charge on any atom is -0.330 e. The van der Waals surface area contributed by atoms with Gasteiger partial charge >= 0.3 is 0 Å². The fourth-order valence-corrected chi connectivity index (χ4v) is 2.94. The standard InChI is InChI=1S/C13H17N3/c14-8-7-13(5-2-6-13)11-4-1-3-10-9-15-16-12(10)11/h1,3-4,9H,2,5-8,14H2,(H,15,16). The Bertz CT molecular complexity index is 497. The zero-order valence-corrected chi connectivity index (χ0v) is 9.37. The first-order valence-corrected chi connectivity index (χ1v) is 5.98. The van der Waals surface area contributed by atoms with Gasteiger partial charge in [-0.25, -0.2) is 0 Å². The number of aromatic nitrogens is 2. The van der Waals surface area contributed by atoms with Crippen molar-refractivity contribution in [2.45, 2.75) is 31.1 Å². The molecule has 84 valence electrons. The normalized spacial score (nSPS) is 18.6. The minimum absolute atomic E-state index is 0.320. The van der Waals surface area contributed by atoms with Gasteiger partial charge in [-0.2, -0.15) is 5.10 Å². The summed E-state index contributed by atoms with van der Waals surface area (Å²) in [6, 6.07) is 6.47. The number of hydrogen-bond donors (Lipinski definition) is 2. The van der Waals surface area contributed by atoms with Crippen LogP contribution in [0.15, 0.2) is 24.4 Å². The molecule has 0 atom stereocenters. The summed E-state index contributed by atoms with van der Waals surface area (Å²) in [6.45, 7) is 0.768. The summed E-state index contributed by atoms with van der Waals surface area (Å²) in [6.07, 6.45) is 6.84. The fourth-order valence-electron chi connectivity index (χ4n) is 2.94. The lowest BCUT2D eigenvalue weighted by molar-refractivity contribution is 0.231. The predicted octanol–water partition coefficient (Wildman–Crippen LogP) is 2.33. The van der Waals surface area contributed by atoms with Gasteiger partial charge < -0.3 is 5.73 Å². The number of para-hydroxylation sites is 1. The van der Waals surface area contributed by atoms with E-state index in [1.165, 1.54) is 35.7 Å². The van der Waals surface area contributed by atoms with E-state index in [9.17, 15) is 0 Å². The lowest BCUT2D eigenvalue weighted by Crippen LogP contribution is -2.36. The first-order valence-electron chi connectivity index (χ1n) is 5.98. The molecular formula is C13H17N3.